The molecule has 0 N–H and O–H groups in total. The third-order valence-corrected chi connectivity index (χ3v) is 4.17. The molecule has 0 radical (unpaired) electrons. The predicted molar refractivity (Wildman–Crippen MR) is 100 cm³/mol. The van der Waals surface area contributed by atoms with Gasteiger partial charge in [0.15, 0.2) is 6.61 Å². The molecule has 1 aromatic carbocycles. The Morgan fingerprint density at radius 3 is 2.46 bits per heavy atom. The average molecular weight is 362 g/mol. The van der Waals surface area contributed by atoms with Crippen LogP contribution < -0.4 is 4.74 Å². The molecule has 0 unspecified atom stereocenters. The number of carbonyl (C=O) groups excluding carboxylic acids is 2. The molecule has 0 bridgehead atoms. The van der Waals surface area contributed by atoms with Crippen molar-refractivity contribution in [3.63, 3.8) is 0 Å². The Morgan fingerprint density at radius 1 is 1.08 bits per heavy atom. The van der Waals surface area contributed by atoms with E-state index in [4.69, 9.17) is 9.47 Å². The fourth-order valence-corrected chi connectivity index (χ4v) is 2.77. The number of hydrogen-bond donors (Lipinski definition) is 0. The standard InChI is InChI=1S/C20H30N2O4/c1-5-16-8-6-9-17(14-16)25-15-18(23)21-10-7-11-22(13-12-21)19(24)26-20(2,3)4/h6,8-9,14H,5,7,10-13,15H2,1-4H3. The maximum Gasteiger partial charge on any atom is 0.410 e. The van der Waals surface area contributed by atoms with Crippen LogP contribution in [0, 0.1) is 0 Å². The molecule has 0 aromatic heterocycles. The first kappa shape index (κ1) is 20.1. The van der Waals surface area contributed by atoms with Crippen molar-refractivity contribution >= 4 is 12.0 Å². The lowest BCUT2D eigenvalue weighted by atomic mass is 10.2. The fraction of sp³-hybridized carbons (Fsp3) is 0.600. The summed E-state index contributed by atoms with van der Waals surface area (Å²) in [6.45, 7) is 9.84. The first-order chi connectivity index (χ1) is 12.3. The van der Waals surface area contributed by atoms with E-state index < -0.39 is 5.60 Å². The highest BCUT2D eigenvalue weighted by atomic mass is 16.6. The van der Waals surface area contributed by atoms with Crippen LogP contribution in [0.3, 0.4) is 0 Å². The van der Waals surface area contributed by atoms with E-state index in [1.54, 1.807) is 9.80 Å². The molecule has 0 spiro atoms. The molecule has 1 saturated heterocycles. The van der Waals surface area contributed by atoms with Crippen LogP contribution in [0.15, 0.2) is 24.3 Å². The highest BCUT2D eigenvalue weighted by molar-refractivity contribution is 5.78. The van der Waals surface area contributed by atoms with Crippen molar-refractivity contribution < 1.29 is 19.1 Å². The molecule has 0 atom stereocenters. The Kier molecular flexibility index (Phi) is 6.89. The first-order valence-electron chi connectivity index (χ1n) is 9.26. The number of aryl methyl sites for hydroxylation is 1. The van der Waals surface area contributed by atoms with E-state index in [2.05, 4.69) is 6.92 Å². The summed E-state index contributed by atoms with van der Waals surface area (Å²) in [5, 5.41) is 0. The number of benzene rings is 1. The number of nitrogens with zero attached hydrogens (tertiary/aromatic N) is 2. The summed E-state index contributed by atoms with van der Waals surface area (Å²) < 4.78 is 11.1. The monoisotopic (exact) mass is 362 g/mol. The van der Waals surface area contributed by atoms with Crippen molar-refractivity contribution in [3.8, 4) is 5.75 Å². The van der Waals surface area contributed by atoms with E-state index in [9.17, 15) is 9.59 Å². The quantitative estimate of drug-likeness (QED) is 0.826. The maximum absolute atomic E-state index is 12.5. The number of ether oxygens (including phenoxy) is 2. The summed E-state index contributed by atoms with van der Waals surface area (Å²) in [5.41, 5.74) is 0.664. The van der Waals surface area contributed by atoms with Gasteiger partial charge >= 0.3 is 6.09 Å². The lowest BCUT2D eigenvalue weighted by molar-refractivity contribution is -0.133. The summed E-state index contributed by atoms with van der Waals surface area (Å²) in [6.07, 6.45) is 1.34. The minimum Gasteiger partial charge on any atom is -0.484 e. The number of hydrogen-bond acceptors (Lipinski definition) is 4. The van der Waals surface area contributed by atoms with Crippen LogP contribution in [0.2, 0.25) is 0 Å². The van der Waals surface area contributed by atoms with Crippen LogP contribution in [0.5, 0.6) is 5.75 Å². The van der Waals surface area contributed by atoms with Crippen LogP contribution in [0.1, 0.15) is 39.7 Å². The molecule has 1 aliphatic heterocycles. The Labute approximate surface area is 156 Å². The first-order valence-corrected chi connectivity index (χ1v) is 9.26. The van der Waals surface area contributed by atoms with Gasteiger partial charge in [-0.3, -0.25) is 4.79 Å². The zero-order valence-corrected chi connectivity index (χ0v) is 16.3. The third kappa shape index (κ3) is 6.24. The molecular weight excluding hydrogens is 332 g/mol. The number of amides is 2. The van der Waals surface area contributed by atoms with Crippen molar-refractivity contribution in [1.29, 1.82) is 0 Å². The van der Waals surface area contributed by atoms with Gasteiger partial charge in [0.1, 0.15) is 11.4 Å². The van der Waals surface area contributed by atoms with E-state index in [1.165, 1.54) is 5.56 Å². The molecule has 1 aromatic rings. The minimum absolute atomic E-state index is 0.0135. The van der Waals surface area contributed by atoms with Gasteiger partial charge in [-0.1, -0.05) is 19.1 Å². The van der Waals surface area contributed by atoms with E-state index in [0.29, 0.717) is 31.9 Å². The van der Waals surface area contributed by atoms with E-state index in [1.807, 2.05) is 45.0 Å². The zero-order chi connectivity index (χ0) is 19.2. The third-order valence-electron chi connectivity index (χ3n) is 4.17. The molecule has 0 saturated carbocycles. The van der Waals surface area contributed by atoms with Crippen LogP contribution in [-0.4, -0.2) is 60.2 Å². The van der Waals surface area contributed by atoms with Gasteiger partial charge in [0, 0.05) is 26.2 Å². The summed E-state index contributed by atoms with van der Waals surface area (Å²) in [4.78, 5) is 28.1. The molecule has 1 heterocycles. The highest BCUT2D eigenvalue weighted by Crippen LogP contribution is 2.15. The van der Waals surface area contributed by atoms with Crippen LogP contribution in [0.25, 0.3) is 0 Å². The van der Waals surface area contributed by atoms with Crippen LogP contribution in [-0.2, 0) is 16.0 Å². The van der Waals surface area contributed by atoms with E-state index in [0.717, 1.165) is 12.8 Å². The Balaban J connectivity index is 1.84. The molecule has 144 valence electrons. The van der Waals surface area contributed by atoms with Gasteiger partial charge in [0.05, 0.1) is 0 Å². The van der Waals surface area contributed by atoms with Crippen molar-refractivity contribution in [2.24, 2.45) is 0 Å². The average Bonchev–Trinajstić information content (AvgIpc) is 2.84. The molecule has 2 amide bonds. The summed E-state index contributed by atoms with van der Waals surface area (Å²) >= 11 is 0. The molecule has 1 fully saturated rings. The van der Waals surface area contributed by atoms with Crippen molar-refractivity contribution in [3.05, 3.63) is 29.8 Å². The number of rotatable bonds is 4. The number of carbonyl (C=O) groups is 2. The Bertz CT molecular complexity index is 624. The smallest absolute Gasteiger partial charge is 0.410 e. The molecule has 26 heavy (non-hydrogen) atoms. The second-order valence-electron chi connectivity index (χ2n) is 7.49. The van der Waals surface area contributed by atoms with Crippen LogP contribution >= 0.6 is 0 Å². The van der Waals surface area contributed by atoms with Gasteiger partial charge in [0.2, 0.25) is 0 Å². The maximum atomic E-state index is 12.5. The molecule has 1 aliphatic rings. The summed E-state index contributed by atoms with van der Waals surface area (Å²) in [7, 11) is 0. The molecule has 6 heteroatoms. The molecule has 2 rings (SSSR count). The minimum atomic E-state index is -0.514. The lowest BCUT2D eigenvalue weighted by Crippen LogP contribution is -2.41. The highest BCUT2D eigenvalue weighted by Gasteiger charge is 2.26. The lowest BCUT2D eigenvalue weighted by Gasteiger charge is -2.26. The fourth-order valence-electron chi connectivity index (χ4n) is 2.77. The van der Waals surface area contributed by atoms with Crippen molar-refractivity contribution in [2.45, 2.75) is 46.1 Å². The van der Waals surface area contributed by atoms with Gasteiger partial charge in [-0.25, -0.2) is 4.79 Å². The summed E-state index contributed by atoms with van der Waals surface area (Å²) in [5.74, 6) is 0.654. The second-order valence-corrected chi connectivity index (χ2v) is 7.49. The van der Waals surface area contributed by atoms with Gasteiger partial charge < -0.3 is 19.3 Å². The largest absolute Gasteiger partial charge is 0.484 e. The molecular formula is C20H30N2O4. The van der Waals surface area contributed by atoms with Gasteiger partial charge in [-0.2, -0.15) is 0 Å². The Morgan fingerprint density at radius 2 is 1.77 bits per heavy atom. The Hall–Kier alpha value is -2.24. The second kappa shape index (κ2) is 8.92. The predicted octanol–water partition coefficient (Wildman–Crippen LogP) is 3.10. The van der Waals surface area contributed by atoms with Gasteiger partial charge in [-0.15, -0.1) is 0 Å². The van der Waals surface area contributed by atoms with Gasteiger partial charge in [0.25, 0.3) is 5.91 Å². The SMILES string of the molecule is CCc1cccc(OCC(=O)N2CCCN(C(=O)OC(C)(C)C)CC2)c1. The van der Waals surface area contributed by atoms with E-state index in [-0.39, 0.29) is 18.6 Å². The van der Waals surface area contributed by atoms with Gasteiger partial charge in [-0.05, 0) is 51.3 Å². The van der Waals surface area contributed by atoms with E-state index >= 15 is 0 Å². The van der Waals surface area contributed by atoms with Crippen molar-refractivity contribution in [2.75, 3.05) is 32.8 Å². The van der Waals surface area contributed by atoms with Crippen LogP contribution in [0.4, 0.5) is 4.79 Å². The topological polar surface area (TPSA) is 59.1 Å². The summed E-state index contributed by atoms with van der Waals surface area (Å²) in [6, 6.07) is 7.79. The van der Waals surface area contributed by atoms with Crippen molar-refractivity contribution in [1.82, 2.24) is 9.80 Å². The molecule has 6 nitrogen and oxygen atoms in total. The normalized spacial score (nSPS) is 15.4. The zero-order valence-electron chi connectivity index (χ0n) is 16.3. The molecule has 0 aliphatic carbocycles.